The lowest BCUT2D eigenvalue weighted by Gasteiger charge is -2.24. The van der Waals surface area contributed by atoms with Crippen LogP contribution in [-0.2, 0) is 6.54 Å². The van der Waals surface area contributed by atoms with E-state index in [2.05, 4.69) is 15.6 Å². The molecule has 0 radical (unpaired) electrons. The van der Waals surface area contributed by atoms with Crippen LogP contribution in [0.25, 0.3) is 0 Å². The lowest BCUT2D eigenvalue weighted by Crippen LogP contribution is -2.37. The van der Waals surface area contributed by atoms with Crippen molar-refractivity contribution in [2.75, 3.05) is 18.4 Å². The summed E-state index contributed by atoms with van der Waals surface area (Å²) in [6, 6.07) is 4.77. The van der Waals surface area contributed by atoms with Gasteiger partial charge in [-0.15, -0.1) is 11.3 Å². The zero-order valence-corrected chi connectivity index (χ0v) is 19.3. The van der Waals surface area contributed by atoms with Crippen molar-refractivity contribution < 1.29 is 9.59 Å². The van der Waals surface area contributed by atoms with Crippen LogP contribution in [0, 0.1) is 11.8 Å². The minimum atomic E-state index is -0.302. The van der Waals surface area contributed by atoms with E-state index in [-0.39, 0.29) is 17.9 Å². The van der Waals surface area contributed by atoms with Crippen molar-refractivity contribution in [3.05, 3.63) is 44.3 Å². The first kappa shape index (κ1) is 23.4. The summed E-state index contributed by atoms with van der Waals surface area (Å²) in [7, 11) is 0. The second-order valence-corrected chi connectivity index (χ2v) is 9.26. The number of carbonyl (C=O) groups is 2. The predicted molar refractivity (Wildman–Crippen MR) is 120 cm³/mol. The first-order chi connectivity index (χ1) is 13.7. The molecule has 0 bridgehead atoms. The molecule has 2 N–H and O–H groups in total. The van der Waals surface area contributed by atoms with Crippen LogP contribution in [0.15, 0.2) is 23.6 Å². The van der Waals surface area contributed by atoms with Crippen molar-refractivity contribution >= 4 is 52.2 Å². The van der Waals surface area contributed by atoms with Crippen molar-refractivity contribution in [1.82, 2.24) is 15.2 Å². The van der Waals surface area contributed by atoms with E-state index in [0.29, 0.717) is 52.0 Å². The first-order valence-electron chi connectivity index (χ1n) is 9.40. The number of urea groups is 1. The van der Waals surface area contributed by atoms with Crippen LogP contribution in [-0.4, -0.2) is 34.9 Å². The summed E-state index contributed by atoms with van der Waals surface area (Å²) in [6.07, 6.45) is 0. The van der Waals surface area contributed by atoms with Crippen LogP contribution in [0.1, 0.15) is 43.2 Å². The van der Waals surface area contributed by atoms with Crippen molar-refractivity contribution in [3.8, 4) is 0 Å². The number of aromatic nitrogens is 1. The maximum absolute atomic E-state index is 12.8. The Morgan fingerprint density at radius 1 is 1.17 bits per heavy atom. The van der Waals surface area contributed by atoms with Crippen LogP contribution in [0.4, 0.5) is 10.5 Å². The number of hydrogen-bond donors (Lipinski definition) is 2. The topological polar surface area (TPSA) is 74.3 Å². The molecule has 1 heterocycles. The van der Waals surface area contributed by atoms with Gasteiger partial charge in [-0.3, -0.25) is 4.79 Å². The van der Waals surface area contributed by atoms with Gasteiger partial charge in [0.15, 0.2) is 0 Å². The minimum absolute atomic E-state index is 0.202. The molecule has 0 fully saturated rings. The normalized spacial score (nSPS) is 11.0. The van der Waals surface area contributed by atoms with E-state index in [9.17, 15) is 9.59 Å². The number of amides is 3. The molecular formula is C20H26Cl2N4O2S. The molecule has 2 rings (SSSR count). The molecular weight excluding hydrogens is 431 g/mol. The number of halogens is 2. The SMILES string of the molecule is CC(C)CNC(=O)c1csc(CN(CC(C)C)C(=O)Nc2cccc(Cl)c2Cl)n1. The van der Waals surface area contributed by atoms with Crippen molar-refractivity contribution in [3.63, 3.8) is 0 Å². The average Bonchev–Trinajstić information content (AvgIpc) is 3.11. The summed E-state index contributed by atoms with van der Waals surface area (Å²) in [5, 5.41) is 8.73. The van der Waals surface area contributed by atoms with Gasteiger partial charge in [0.2, 0.25) is 0 Å². The highest BCUT2D eigenvalue weighted by Gasteiger charge is 2.20. The second kappa shape index (κ2) is 10.8. The highest BCUT2D eigenvalue weighted by Crippen LogP contribution is 2.30. The van der Waals surface area contributed by atoms with Crippen molar-refractivity contribution in [2.45, 2.75) is 34.2 Å². The Hall–Kier alpha value is -1.83. The van der Waals surface area contributed by atoms with Gasteiger partial charge < -0.3 is 15.5 Å². The van der Waals surface area contributed by atoms with E-state index >= 15 is 0 Å². The predicted octanol–water partition coefficient (Wildman–Crippen LogP) is 5.53. The first-order valence-corrected chi connectivity index (χ1v) is 11.0. The highest BCUT2D eigenvalue weighted by molar-refractivity contribution is 7.09. The molecule has 0 aliphatic heterocycles. The molecule has 29 heavy (non-hydrogen) atoms. The van der Waals surface area contributed by atoms with Gasteiger partial charge in [-0.25, -0.2) is 9.78 Å². The maximum Gasteiger partial charge on any atom is 0.322 e. The number of nitrogens with zero attached hydrogens (tertiary/aromatic N) is 2. The summed E-state index contributed by atoms with van der Waals surface area (Å²) in [4.78, 5) is 31.1. The molecule has 9 heteroatoms. The Morgan fingerprint density at radius 2 is 1.90 bits per heavy atom. The number of hydrogen-bond acceptors (Lipinski definition) is 4. The van der Waals surface area contributed by atoms with Gasteiger partial charge in [0.25, 0.3) is 5.91 Å². The molecule has 1 aromatic heterocycles. The number of rotatable bonds is 8. The molecule has 6 nitrogen and oxygen atoms in total. The Balaban J connectivity index is 2.09. The van der Waals surface area contributed by atoms with Crippen molar-refractivity contribution in [2.24, 2.45) is 11.8 Å². The van der Waals surface area contributed by atoms with E-state index in [4.69, 9.17) is 23.2 Å². The molecule has 1 aromatic carbocycles. The molecule has 0 spiro atoms. The third-order valence-corrected chi connectivity index (χ3v) is 5.50. The third kappa shape index (κ3) is 7.17. The summed E-state index contributed by atoms with van der Waals surface area (Å²) >= 11 is 13.6. The third-order valence-electron chi connectivity index (χ3n) is 3.85. The van der Waals surface area contributed by atoms with Crippen LogP contribution in [0.2, 0.25) is 10.0 Å². The maximum atomic E-state index is 12.8. The Bertz CT molecular complexity index is 855. The van der Waals surface area contributed by atoms with Crippen LogP contribution < -0.4 is 10.6 Å². The number of anilines is 1. The molecule has 0 atom stereocenters. The van der Waals surface area contributed by atoms with E-state index < -0.39 is 0 Å². The van der Waals surface area contributed by atoms with Crippen LogP contribution >= 0.6 is 34.5 Å². The Kier molecular flexibility index (Phi) is 8.74. The summed E-state index contributed by atoms with van der Waals surface area (Å²) in [5.41, 5.74) is 0.819. The fraction of sp³-hybridized carbons (Fsp3) is 0.450. The number of nitrogens with one attached hydrogen (secondary N) is 2. The van der Waals surface area contributed by atoms with Gasteiger partial charge in [0, 0.05) is 18.5 Å². The summed E-state index contributed by atoms with van der Waals surface area (Å²) in [6.45, 7) is 9.53. The molecule has 2 aromatic rings. The van der Waals surface area contributed by atoms with Gasteiger partial charge in [-0.05, 0) is 24.0 Å². The second-order valence-electron chi connectivity index (χ2n) is 7.54. The van der Waals surface area contributed by atoms with E-state index in [1.165, 1.54) is 11.3 Å². The molecule has 158 valence electrons. The average molecular weight is 457 g/mol. The molecule has 0 aliphatic rings. The van der Waals surface area contributed by atoms with Gasteiger partial charge in [0.05, 0.1) is 22.3 Å². The fourth-order valence-electron chi connectivity index (χ4n) is 2.49. The lowest BCUT2D eigenvalue weighted by atomic mass is 10.2. The number of benzene rings is 1. The largest absolute Gasteiger partial charge is 0.350 e. The van der Waals surface area contributed by atoms with Gasteiger partial charge in [-0.2, -0.15) is 0 Å². The van der Waals surface area contributed by atoms with Gasteiger partial charge >= 0.3 is 6.03 Å². The van der Waals surface area contributed by atoms with E-state index in [0.717, 1.165) is 0 Å². The lowest BCUT2D eigenvalue weighted by molar-refractivity contribution is 0.0944. The molecule has 0 unspecified atom stereocenters. The quantitative estimate of drug-likeness (QED) is 0.548. The van der Waals surface area contributed by atoms with E-state index in [1.807, 2.05) is 27.7 Å². The van der Waals surface area contributed by atoms with Crippen molar-refractivity contribution in [1.29, 1.82) is 0 Å². The Morgan fingerprint density at radius 3 is 2.55 bits per heavy atom. The zero-order valence-electron chi connectivity index (χ0n) is 17.0. The number of thiazole rings is 1. The monoisotopic (exact) mass is 456 g/mol. The zero-order chi connectivity index (χ0) is 21.6. The highest BCUT2D eigenvalue weighted by atomic mass is 35.5. The van der Waals surface area contributed by atoms with Crippen LogP contribution in [0.5, 0.6) is 0 Å². The molecule has 0 aliphatic carbocycles. The Labute approximate surface area is 185 Å². The smallest absolute Gasteiger partial charge is 0.322 e. The molecule has 0 saturated heterocycles. The summed E-state index contributed by atoms with van der Waals surface area (Å²) in [5.74, 6) is 0.414. The standard InChI is InChI=1S/C20H26Cl2N4O2S/c1-12(2)8-23-19(27)16-11-29-17(24-16)10-26(9-13(3)4)20(28)25-15-7-5-6-14(21)18(15)22/h5-7,11-13H,8-10H2,1-4H3,(H,23,27)(H,25,28). The van der Waals surface area contributed by atoms with Crippen LogP contribution in [0.3, 0.4) is 0 Å². The van der Waals surface area contributed by atoms with Gasteiger partial charge in [0.1, 0.15) is 10.7 Å². The van der Waals surface area contributed by atoms with E-state index in [1.54, 1.807) is 28.5 Å². The molecule has 3 amide bonds. The van der Waals surface area contributed by atoms with Gasteiger partial charge in [-0.1, -0.05) is 57.0 Å². The molecule has 0 saturated carbocycles. The summed E-state index contributed by atoms with van der Waals surface area (Å²) < 4.78 is 0. The number of carbonyl (C=O) groups excluding carboxylic acids is 2. The fourth-order valence-corrected chi connectivity index (χ4v) is 3.63. The minimum Gasteiger partial charge on any atom is -0.350 e.